The Morgan fingerprint density at radius 2 is 1.53 bits per heavy atom. The average Bonchev–Trinajstić information content (AvgIpc) is 3.22. The number of imidazole rings is 1. The van der Waals surface area contributed by atoms with Gasteiger partial charge in [0.1, 0.15) is 11.6 Å². The average molecular weight is 578 g/mol. The molecule has 1 heterocycles. The number of halogens is 3. The normalized spacial score (nSPS) is 11.6. The summed E-state index contributed by atoms with van der Waals surface area (Å²) in [7, 11) is 0. The number of esters is 1. The molecule has 0 unspecified atom stereocenters. The van der Waals surface area contributed by atoms with E-state index in [0.29, 0.717) is 28.0 Å². The molecule has 0 aliphatic carbocycles. The summed E-state index contributed by atoms with van der Waals surface area (Å²) in [5, 5.41) is 0.766. The zero-order valence-corrected chi connectivity index (χ0v) is 22.0. The smallest absolute Gasteiger partial charge is 0.344 e. The Morgan fingerprint density at radius 1 is 0.861 bits per heavy atom. The van der Waals surface area contributed by atoms with Crippen LogP contribution in [0.15, 0.2) is 102 Å². The second kappa shape index (κ2) is 10.7. The third-order valence-corrected chi connectivity index (χ3v) is 6.81. The Labute approximate surface area is 226 Å². The lowest BCUT2D eigenvalue weighted by Gasteiger charge is -2.12. The van der Waals surface area contributed by atoms with Crippen molar-refractivity contribution in [1.29, 1.82) is 0 Å². The number of rotatable bonds is 6. The molecule has 0 fully saturated rings. The number of hydrogen-bond donors (Lipinski definition) is 0. The van der Waals surface area contributed by atoms with Crippen molar-refractivity contribution in [3.63, 3.8) is 0 Å². The Morgan fingerprint density at radius 3 is 2.28 bits per heavy atom. The van der Waals surface area contributed by atoms with Crippen molar-refractivity contribution >= 4 is 67.8 Å². The van der Waals surface area contributed by atoms with Gasteiger partial charge in [-0.3, -0.25) is 0 Å². The molecule has 0 aliphatic rings. The van der Waals surface area contributed by atoms with E-state index in [1.807, 2.05) is 60.7 Å². The number of fused-ring (bicyclic) bond motifs is 1. The lowest BCUT2D eigenvalue weighted by atomic mass is 10.1. The van der Waals surface area contributed by atoms with E-state index >= 15 is 0 Å². The molecule has 0 radical (unpaired) electrons. The third kappa shape index (κ3) is 5.24. The van der Waals surface area contributed by atoms with Crippen LogP contribution in [-0.2, 0) is 11.3 Å². The van der Waals surface area contributed by atoms with Gasteiger partial charge in [-0.25, -0.2) is 9.78 Å². The number of aromatic nitrogens is 2. The highest BCUT2D eigenvalue weighted by atomic mass is 79.9. The molecule has 7 heteroatoms. The highest BCUT2D eigenvalue weighted by molar-refractivity contribution is 9.10. The minimum absolute atomic E-state index is 0.269. The fraction of sp³-hybridized carbons (Fsp3) is 0.0345. The van der Waals surface area contributed by atoms with Gasteiger partial charge in [0.05, 0.1) is 21.6 Å². The molecule has 0 spiro atoms. The van der Waals surface area contributed by atoms with Gasteiger partial charge in [-0.15, -0.1) is 0 Å². The van der Waals surface area contributed by atoms with Crippen LogP contribution in [0.1, 0.15) is 17.0 Å². The fourth-order valence-electron chi connectivity index (χ4n) is 3.88. The Hall–Kier alpha value is -3.38. The number of hydrogen-bond acceptors (Lipinski definition) is 3. The SMILES string of the molecule is O=C(Oc1ccccc1Cl)C(=Cc1nc2ccccc2n1Cc1ccc(Br)cc1)c1ccccc1Cl. The highest BCUT2D eigenvalue weighted by Crippen LogP contribution is 2.31. The standard InChI is InChI=1S/C29H19BrCl2N2O2/c30-20-15-13-19(14-16-20)18-34-26-11-5-4-10-25(26)33-28(34)17-22(21-7-1-2-8-23(21)31)29(35)36-27-12-6-3-9-24(27)32/h1-17H,18H2. The lowest BCUT2D eigenvalue weighted by Crippen LogP contribution is -2.12. The van der Waals surface area contributed by atoms with Gasteiger partial charge in [-0.1, -0.05) is 93.7 Å². The van der Waals surface area contributed by atoms with Crippen LogP contribution in [0.2, 0.25) is 10.0 Å². The molecule has 0 bridgehead atoms. The second-order valence-corrected chi connectivity index (χ2v) is 9.76. The number of para-hydroxylation sites is 3. The van der Waals surface area contributed by atoms with Crippen LogP contribution in [-0.4, -0.2) is 15.5 Å². The molecule has 5 rings (SSSR count). The second-order valence-electron chi connectivity index (χ2n) is 8.03. The van der Waals surface area contributed by atoms with Crippen molar-refractivity contribution < 1.29 is 9.53 Å². The van der Waals surface area contributed by atoms with E-state index in [4.69, 9.17) is 32.9 Å². The summed E-state index contributed by atoms with van der Waals surface area (Å²) in [5.41, 5.74) is 3.67. The van der Waals surface area contributed by atoms with Gasteiger partial charge >= 0.3 is 5.97 Å². The first-order valence-corrected chi connectivity index (χ1v) is 12.7. The van der Waals surface area contributed by atoms with Crippen molar-refractivity contribution in [3.8, 4) is 5.75 Å². The van der Waals surface area contributed by atoms with Crippen LogP contribution in [0.5, 0.6) is 5.75 Å². The summed E-state index contributed by atoms with van der Waals surface area (Å²) in [6, 6.07) is 30.0. The molecule has 0 saturated heterocycles. The van der Waals surface area contributed by atoms with Crippen LogP contribution in [0, 0.1) is 0 Å². The van der Waals surface area contributed by atoms with E-state index in [9.17, 15) is 4.79 Å². The molecule has 4 nitrogen and oxygen atoms in total. The summed E-state index contributed by atoms with van der Waals surface area (Å²) >= 11 is 16.3. The number of ether oxygens (including phenoxy) is 1. The van der Waals surface area contributed by atoms with Crippen molar-refractivity contribution in [1.82, 2.24) is 9.55 Å². The Kier molecular flexibility index (Phi) is 7.23. The zero-order chi connectivity index (χ0) is 25.1. The molecule has 4 aromatic carbocycles. The topological polar surface area (TPSA) is 44.1 Å². The first-order valence-electron chi connectivity index (χ1n) is 11.1. The molecule has 0 atom stereocenters. The summed E-state index contributed by atoms with van der Waals surface area (Å²) in [5.74, 6) is 0.286. The minimum atomic E-state index is -0.585. The third-order valence-electron chi connectivity index (χ3n) is 5.63. The molecule has 1 aromatic heterocycles. The quantitative estimate of drug-likeness (QED) is 0.116. The molecule has 178 valence electrons. The first kappa shape index (κ1) is 24.3. The number of benzene rings is 4. The first-order chi connectivity index (χ1) is 17.5. The van der Waals surface area contributed by atoms with E-state index in [1.165, 1.54) is 0 Å². The lowest BCUT2D eigenvalue weighted by molar-refractivity contribution is -0.127. The largest absolute Gasteiger partial charge is 0.421 e. The number of carbonyl (C=O) groups is 1. The van der Waals surface area contributed by atoms with Crippen LogP contribution in [0.25, 0.3) is 22.7 Å². The van der Waals surface area contributed by atoms with Crippen molar-refractivity contribution in [2.45, 2.75) is 6.54 Å². The summed E-state index contributed by atoms with van der Waals surface area (Å²) in [6.45, 7) is 0.564. The fourth-order valence-corrected chi connectivity index (χ4v) is 4.56. The molecular formula is C29H19BrCl2N2O2. The van der Waals surface area contributed by atoms with Gasteiger partial charge < -0.3 is 9.30 Å². The van der Waals surface area contributed by atoms with Crippen molar-refractivity contribution in [2.75, 3.05) is 0 Å². The maximum Gasteiger partial charge on any atom is 0.344 e. The van der Waals surface area contributed by atoms with Gasteiger partial charge in [0, 0.05) is 21.6 Å². The number of carbonyl (C=O) groups excluding carboxylic acids is 1. The predicted molar refractivity (Wildman–Crippen MR) is 149 cm³/mol. The van der Waals surface area contributed by atoms with E-state index < -0.39 is 5.97 Å². The van der Waals surface area contributed by atoms with Crippen molar-refractivity contribution in [2.24, 2.45) is 0 Å². The Balaban J connectivity index is 1.65. The molecule has 0 saturated carbocycles. The van der Waals surface area contributed by atoms with Gasteiger partial charge in [0.25, 0.3) is 0 Å². The van der Waals surface area contributed by atoms with Crippen LogP contribution in [0.4, 0.5) is 0 Å². The molecular weight excluding hydrogens is 559 g/mol. The predicted octanol–water partition coefficient (Wildman–Crippen LogP) is 8.30. The van der Waals surface area contributed by atoms with Gasteiger partial charge in [0.2, 0.25) is 0 Å². The molecule has 36 heavy (non-hydrogen) atoms. The van der Waals surface area contributed by atoms with Crippen LogP contribution in [0.3, 0.4) is 0 Å². The van der Waals surface area contributed by atoms with Gasteiger partial charge in [-0.05, 0) is 54.1 Å². The van der Waals surface area contributed by atoms with E-state index in [-0.39, 0.29) is 11.3 Å². The van der Waals surface area contributed by atoms with Gasteiger partial charge in [-0.2, -0.15) is 0 Å². The van der Waals surface area contributed by atoms with E-state index in [2.05, 4.69) is 20.5 Å². The molecule has 0 N–H and O–H groups in total. The van der Waals surface area contributed by atoms with Gasteiger partial charge in [0.15, 0.2) is 0 Å². The summed E-state index contributed by atoms with van der Waals surface area (Å²) < 4.78 is 8.77. The van der Waals surface area contributed by atoms with E-state index in [0.717, 1.165) is 21.1 Å². The number of nitrogens with zero attached hydrogens (tertiary/aromatic N) is 2. The Bertz CT molecular complexity index is 1590. The molecule has 0 aliphatic heterocycles. The summed E-state index contributed by atoms with van der Waals surface area (Å²) in [4.78, 5) is 18.3. The van der Waals surface area contributed by atoms with Crippen LogP contribution >= 0.6 is 39.1 Å². The zero-order valence-electron chi connectivity index (χ0n) is 18.9. The molecule has 0 amide bonds. The summed E-state index contributed by atoms with van der Waals surface area (Å²) in [6.07, 6.45) is 1.72. The monoisotopic (exact) mass is 576 g/mol. The highest BCUT2D eigenvalue weighted by Gasteiger charge is 2.20. The van der Waals surface area contributed by atoms with Crippen LogP contribution < -0.4 is 4.74 Å². The maximum atomic E-state index is 13.5. The molecule has 5 aromatic rings. The van der Waals surface area contributed by atoms with E-state index in [1.54, 1.807) is 42.5 Å². The minimum Gasteiger partial charge on any atom is -0.421 e. The maximum absolute atomic E-state index is 13.5. The van der Waals surface area contributed by atoms with Crippen molar-refractivity contribution in [3.05, 3.63) is 129 Å².